The van der Waals surface area contributed by atoms with E-state index in [1.165, 1.54) is 16.2 Å². The van der Waals surface area contributed by atoms with Gasteiger partial charge < -0.3 is 4.74 Å². The Bertz CT molecular complexity index is 1210. The summed E-state index contributed by atoms with van der Waals surface area (Å²) in [7, 11) is 0. The third-order valence-electron chi connectivity index (χ3n) is 6.15. The van der Waals surface area contributed by atoms with E-state index in [0.717, 1.165) is 11.1 Å². The molecule has 4 rings (SSSR count). The Morgan fingerprint density at radius 2 is 1.83 bits per heavy atom. The zero-order chi connectivity index (χ0) is 25.9. The number of nitrogens with zero attached hydrogens (tertiary/aromatic N) is 2. The predicted octanol–water partition coefficient (Wildman–Crippen LogP) is 7.06. The van der Waals surface area contributed by atoms with Crippen LogP contribution in [0.3, 0.4) is 0 Å². The molecule has 0 N–H and O–H groups in total. The Labute approximate surface area is 220 Å². The Hall–Kier alpha value is -2.77. The van der Waals surface area contributed by atoms with Gasteiger partial charge in [0, 0.05) is 16.0 Å². The summed E-state index contributed by atoms with van der Waals surface area (Å²) >= 11 is 7.61. The van der Waals surface area contributed by atoms with Crippen LogP contribution in [-0.4, -0.2) is 35.2 Å². The highest BCUT2D eigenvalue weighted by Gasteiger charge is 2.40. The molecule has 1 saturated heterocycles. The third-order valence-corrected chi connectivity index (χ3v) is 7.34. The predicted molar refractivity (Wildman–Crippen MR) is 142 cm³/mol. The molecule has 1 fully saturated rings. The lowest BCUT2D eigenvalue weighted by Gasteiger charge is -2.35. The van der Waals surface area contributed by atoms with Crippen molar-refractivity contribution < 1.29 is 18.7 Å². The summed E-state index contributed by atoms with van der Waals surface area (Å²) in [5, 5.41) is 2.75. The van der Waals surface area contributed by atoms with Crippen molar-refractivity contribution in [1.82, 2.24) is 4.98 Å². The van der Waals surface area contributed by atoms with Crippen molar-refractivity contribution >= 4 is 39.9 Å². The van der Waals surface area contributed by atoms with E-state index in [-0.39, 0.29) is 31.2 Å². The van der Waals surface area contributed by atoms with Gasteiger partial charge in [0.25, 0.3) is 0 Å². The lowest BCUT2D eigenvalue weighted by molar-refractivity contribution is -0.157. The average Bonchev–Trinajstić information content (AvgIpc) is 3.30. The summed E-state index contributed by atoms with van der Waals surface area (Å²) in [5.74, 6) is -1.80. The molecule has 0 radical (unpaired) electrons. The van der Waals surface area contributed by atoms with E-state index in [0.29, 0.717) is 22.3 Å². The summed E-state index contributed by atoms with van der Waals surface area (Å²) in [5.41, 5.74) is 1.59. The van der Waals surface area contributed by atoms with Gasteiger partial charge in [-0.15, -0.1) is 11.3 Å². The van der Waals surface area contributed by atoms with Crippen LogP contribution >= 0.6 is 22.9 Å². The number of alkyl halides is 1. The van der Waals surface area contributed by atoms with Crippen molar-refractivity contribution in [3.8, 4) is 11.3 Å². The summed E-state index contributed by atoms with van der Waals surface area (Å²) in [4.78, 5) is 33.0. The fourth-order valence-corrected chi connectivity index (χ4v) is 5.63. The number of amides is 1. The first kappa shape index (κ1) is 26.3. The standard InChI is InChI=1S/C28H30ClFN2O3S/c1-28(2,3)35-25(33)15-22-20(18-9-5-4-6-10-18)14-13-19(30)16-32(26(22)34)27-31-24(17-36-27)21-11-7-8-12-23(21)29/h4-12,17,19-20,22H,13-16H2,1-3H3. The van der Waals surface area contributed by atoms with Crippen LogP contribution in [0.2, 0.25) is 5.02 Å². The second-order valence-corrected chi connectivity index (χ2v) is 11.3. The Morgan fingerprint density at radius 1 is 1.14 bits per heavy atom. The quantitative estimate of drug-likeness (QED) is 0.332. The lowest BCUT2D eigenvalue weighted by atomic mass is 9.78. The third kappa shape index (κ3) is 6.31. The van der Waals surface area contributed by atoms with Crippen LogP contribution in [-0.2, 0) is 14.3 Å². The van der Waals surface area contributed by atoms with Crippen molar-refractivity contribution in [2.75, 3.05) is 11.4 Å². The van der Waals surface area contributed by atoms with E-state index < -0.39 is 23.7 Å². The molecule has 1 amide bonds. The number of rotatable bonds is 5. The Kier molecular flexibility index (Phi) is 8.10. The number of aromatic nitrogens is 1. The van der Waals surface area contributed by atoms with Gasteiger partial charge in [0.15, 0.2) is 5.13 Å². The molecule has 8 heteroatoms. The maximum atomic E-state index is 15.1. The molecule has 1 aromatic heterocycles. The molecule has 5 nitrogen and oxygen atoms in total. The molecule has 2 aromatic carbocycles. The van der Waals surface area contributed by atoms with Gasteiger partial charge in [-0.1, -0.05) is 60.1 Å². The highest BCUT2D eigenvalue weighted by molar-refractivity contribution is 7.14. The molecule has 0 spiro atoms. The van der Waals surface area contributed by atoms with Crippen LogP contribution in [0, 0.1) is 5.92 Å². The first-order chi connectivity index (χ1) is 17.1. The van der Waals surface area contributed by atoms with Gasteiger partial charge in [-0.25, -0.2) is 9.37 Å². The van der Waals surface area contributed by atoms with Gasteiger partial charge in [-0.3, -0.25) is 14.5 Å². The molecule has 3 aromatic rings. The number of esters is 1. The normalized spacial score (nSPS) is 21.1. The van der Waals surface area contributed by atoms with Crippen LogP contribution < -0.4 is 4.90 Å². The maximum absolute atomic E-state index is 15.1. The van der Waals surface area contributed by atoms with E-state index in [1.807, 2.05) is 53.9 Å². The molecule has 2 heterocycles. The molecule has 3 atom stereocenters. The first-order valence-corrected chi connectivity index (χ1v) is 13.3. The fourth-order valence-electron chi connectivity index (χ4n) is 4.56. The molecule has 36 heavy (non-hydrogen) atoms. The molecule has 190 valence electrons. The summed E-state index contributed by atoms with van der Waals surface area (Å²) in [6, 6.07) is 16.9. The topological polar surface area (TPSA) is 59.5 Å². The molecule has 1 aliphatic heterocycles. The largest absolute Gasteiger partial charge is 0.460 e. The minimum absolute atomic E-state index is 0.0914. The van der Waals surface area contributed by atoms with Gasteiger partial charge >= 0.3 is 5.97 Å². The van der Waals surface area contributed by atoms with Crippen LogP contribution in [0.5, 0.6) is 0 Å². The van der Waals surface area contributed by atoms with Gasteiger partial charge in [-0.05, 0) is 51.2 Å². The van der Waals surface area contributed by atoms with Crippen molar-refractivity contribution in [3.05, 3.63) is 70.6 Å². The van der Waals surface area contributed by atoms with E-state index in [4.69, 9.17) is 16.3 Å². The monoisotopic (exact) mass is 528 g/mol. The number of ether oxygens (including phenoxy) is 1. The van der Waals surface area contributed by atoms with Crippen LogP contribution in [0.4, 0.5) is 9.52 Å². The molecule has 1 aliphatic rings. The molecular weight excluding hydrogens is 499 g/mol. The van der Waals surface area contributed by atoms with Crippen LogP contribution in [0.1, 0.15) is 51.5 Å². The second kappa shape index (κ2) is 11.1. The number of hydrogen-bond acceptors (Lipinski definition) is 5. The van der Waals surface area contributed by atoms with Gasteiger partial charge in [0.05, 0.1) is 24.6 Å². The highest BCUT2D eigenvalue weighted by Crippen LogP contribution is 2.39. The Morgan fingerprint density at radius 3 is 2.53 bits per heavy atom. The minimum Gasteiger partial charge on any atom is -0.460 e. The number of anilines is 1. The second-order valence-electron chi connectivity index (χ2n) is 10.0. The van der Waals surface area contributed by atoms with Crippen LogP contribution in [0.25, 0.3) is 11.3 Å². The number of halogens is 2. The van der Waals surface area contributed by atoms with Crippen molar-refractivity contribution in [2.45, 2.75) is 57.7 Å². The average molecular weight is 529 g/mol. The van der Waals surface area contributed by atoms with E-state index in [2.05, 4.69) is 4.98 Å². The molecule has 0 saturated carbocycles. The van der Waals surface area contributed by atoms with Crippen molar-refractivity contribution in [1.29, 1.82) is 0 Å². The molecule has 3 unspecified atom stereocenters. The SMILES string of the molecule is CC(C)(C)OC(=O)CC1C(=O)N(c2nc(-c3ccccc3Cl)cs2)CC(F)CCC1c1ccccc1. The van der Waals surface area contributed by atoms with E-state index in [9.17, 15) is 9.59 Å². The number of hydrogen-bond donors (Lipinski definition) is 0. The number of carbonyl (C=O) groups is 2. The van der Waals surface area contributed by atoms with E-state index >= 15 is 4.39 Å². The number of carbonyl (C=O) groups excluding carboxylic acids is 2. The van der Waals surface area contributed by atoms with Crippen molar-refractivity contribution in [2.24, 2.45) is 5.92 Å². The van der Waals surface area contributed by atoms with Crippen molar-refractivity contribution in [3.63, 3.8) is 0 Å². The zero-order valence-electron chi connectivity index (χ0n) is 20.6. The first-order valence-electron chi connectivity index (χ1n) is 12.0. The maximum Gasteiger partial charge on any atom is 0.307 e. The number of benzene rings is 2. The van der Waals surface area contributed by atoms with Gasteiger partial charge in [-0.2, -0.15) is 0 Å². The molecule has 0 bridgehead atoms. The summed E-state index contributed by atoms with van der Waals surface area (Å²) < 4.78 is 20.7. The minimum atomic E-state index is -1.21. The highest BCUT2D eigenvalue weighted by atomic mass is 35.5. The summed E-state index contributed by atoms with van der Waals surface area (Å²) in [6.07, 6.45) is -0.570. The van der Waals surface area contributed by atoms with Crippen LogP contribution in [0.15, 0.2) is 60.0 Å². The van der Waals surface area contributed by atoms with E-state index in [1.54, 1.807) is 26.8 Å². The fraction of sp³-hybridized carbons (Fsp3) is 0.393. The number of thiazole rings is 1. The Balaban J connectivity index is 1.71. The lowest BCUT2D eigenvalue weighted by Crippen LogP contribution is -2.45. The molecule has 0 aliphatic carbocycles. The smallest absolute Gasteiger partial charge is 0.307 e. The molecular formula is C28H30ClFN2O3S. The zero-order valence-corrected chi connectivity index (χ0v) is 22.2. The summed E-state index contributed by atoms with van der Waals surface area (Å²) in [6.45, 7) is 5.28. The van der Waals surface area contributed by atoms with Gasteiger partial charge in [0.2, 0.25) is 5.91 Å². The van der Waals surface area contributed by atoms with Gasteiger partial charge in [0.1, 0.15) is 11.8 Å².